The smallest absolute Gasteiger partial charge is 0.320 e. The molecule has 1 aromatic rings. The number of hydrogen-bond donors (Lipinski definition) is 1. The number of carboxylic acids is 1. The van der Waals surface area contributed by atoms with Crippen LogP contribution < -0.4 is 0 Å². The van der Waals surface area contributed by atoms with Crippen molar-refractivity contribution in [1.82, 2.24) is 9.21 Å². The highest BCUT2D eigenvalue weighted by Gasteiger charge is 2.31. The van der Waals surface area contributed by atoms with Gasteiger partial charge in [0.25, 0.3) is 0 Å². The van der Waals surface area contributed by atoms with Crippen LogP contribution in [0.4, 0.5) is 4.39 Å². The summed E-state index contributed by atoms with van der Waals surface area (Å²) < 4.78 is 39.3. The molecule has 1 unspecified atom stereocenters. The van der Waals surface area contributed by atoms with Gasteiger partial charge in [-0.15, -0.1) is 0 Å². The molecule has 1 fully saturated rings. The van der Waals surface area contributed by atoms with Crippen molar-refractivity contribution in [2.45, 2.75) is 17.9 Å². The lowest BCUT2D eigenvalue weighted by Crippen LogP contribution is -2.53. The van der Waals surface area contributed by atoms with E-state index in [4.69, 9.17) is 16.7 Å². The van der Waals surface area contributed by atoms with Crippen LogP contribution in [0.2, 0.25) is 5.02 Å². The number of carbonyl (C=O) groups is 1. The molecule has 0 spiro atoms. The van der Waals surface area contributed by atoms with Gasteiger partial charge in [-0.25, -0.2) is 12.8 Å². The quantitative estimate of drug-likeness (QED) is 0.884. The van der Waals surface area contributed by atoms with Crippen LogP contribution in [0, 0.1) is 5.82 Å². The molecule has 1 atom stereocenters. The number of hydrogen-bond acceptors (Lipinski definition) is 4. The molecule has 22 heavy (non-hydrogen) atoms. The highest BCUT2D eigenvalue weighted by molar-refractivity contribution is 7.89. The highest BCUT2D eigenvalue weighted by Crippen LogP contribution is 2.23. The first-order chi connectivity index (χ1) is 10.2. The number of aliphatic carboxylic acids is 1. The number of halogens is 2. The average molecular weight is 351 g/mol. The molecule has 0 amide bonds. The van der Waals surface area contributed by atoms with E-state index in [0.29, 0.717) is 13.1 Å². The van der Waals surface area contributed by atoms with Gasteiger partial charge in [0.15, 0.2) is 0 Å². The van der Waals surface area contributed by atoms with Crippen LogP contribution in [0.5, 0.6) is 0 Å². The lowest BCUT2D eigenvalue weighted by Gasteiger charge is -2.35. The van der Waals surface area contributed by atoms with Crippen LogP contribution in [0.1, 0.15) is 6.92 Å². The average Bonchev–Trinajstić information content (AvgIpc) is 2.49. The summed E-state index contributed by atoms with van der Waals surface area (Å²) in [5, 5.41) is 8.72. The fourth-order valence-electron chi connectivity index (χ4n) is 2.27. The van der Waals surface area contributed by atoms with E-state index in [1.165, 1.54) is 10.4 Å². The van der Waals surface area contributed by atoms with E-state index in [1.807, 2.05) is 0 Å². The molecule has 6 nitrogen and oxygen atoms in total. The SMILES string of the molecule is CC(C(=O)O)N1CCN(S(=O)(=O)c2ccc(F)c(Cl)c2)CC1. The minimum Gasteiger partial charge on any atom is -0.480 e. The number of carboxylic acid groups (broad SMARTS) is 1. The largest absolute Gasteiger partial charge is 0.480 e. The Bertz CT molecular complexity index is 675. The van der Waals surface area contributed by atoms with Crippen molar-refractivity contribution in [2.24, 2.45) is 0 Å². The van der Waals surface area contributed by atoms with Gasteiger partial charge in [-0.1, -0.05) is 11.6 Å². The predicted octanol–water partition coefficient (Wildman–Crippen LogP) is 1.26. The third-order valence-corrected chi connectivity index (χ3v) is 5.89. The molecule has 0 saturated carbocycles. The number of nitrogens with zero attached hydrogens (tertiary/aromatic N) is 2. The maximum absolute atomic E-state index is 13.1. The molecule has 9 heteroatoms. The van der Waals surface area contributed by atoms with Crippen molar-refractivity contribution >= 4 is 27.6 Å². The summed E-state index contributed by atoms with van der Waals surface area (Å²) >= 11 is 5.63. The van der Waals surface area contributed by atoms with Gasteiger partial charge in [0, 0.05) is 26.2 Å². The predicted molar refractivity (Wildman–Crippen MR) is 78.8 cm³/mol. The fraction of sp³-hybridized carbons (Fsp3) is 0.462. The van der Waals surface area contributed by atoms with Crippen LogP contribution in [0.3, 0.4) is 0 Å². The van der Waals surface area contributed by atoms with Crippen LogP contribution in [-0.2, 0) is 14.8 Å². The molecule has 1 aromatic carbocycles. The van der Waals surface area contributed by atoms with Crippen molar-refractivity contribution in [3.63, 3.8) is 0 Å². The summed E-state index contributed by atoms with van der Waals surface area (Å²) in [6, 6.07) is 2.60. The molecule has 1 aliphatic heterocycles. The molecule has 0 aromatic heterocycles. The first kappa shape index (κ1) is 17.1. The van der Waals surface area contributed by atoms with E-state index in [0.717, 1.165) is 12.1 Å². The molecule has 122 valence electrons. The Morgan fingerprint density at radius 3 is 2.41 bits per heavy atom. The first-order valence-corrected chi connectivity index (χ1v) is 8.47. The van der Waals surface area contributed by atoms with Gasteiger partial charge < -0.3 is 5.11 Å². The first-order valence-electron chi connectivity index (χ1n) is 6.65. The molecule has 2 rings (SSSR count). The fourth-order valence-corrected chi connectivity index (χ4v) is 3.97. The molecule has 0 bridgehead atoms. The Labute approximate surface area is 133 Å². The molecular weight excluding hydrogens is 335 g/mol. The van der Waals surface area contributed by atoms with Crippen LogP contribution in [0.25, 0.3) is 0 Å². The Kier molecular flexibility index (Phi) is 5.06. The van der Waals surface area contributed by atoms with Gasteiger partial charge in [0.1, 0.15) is 11.9 Å². The van der Waals surface area contributed by atoms with Crippen LogP contribution >= 0.6 is 11.6 Å². The van der Waals surface area contributed by atoms with Crippen LogP contribution in [-0.4, -0.2) is 60.9 Å². The summed E-state index contributed by atoms with van der Waals surface area (Å²) in [4.78, 5) is 12.6. The van der Waals surface area contributed by atoms with Crippen molar-refractivity contribution in [3.8, 4) is 0 Å². The maximum atomic E-state index is 13.1. The maximum Gasteiger partial charge on any atom is 0.320 e. The second-order valence-corrected chi connectivity index (χ2v) is 7.38. The van der Waals surface area contributed by atoms with Crippen LogP contribution in [0.15, 0.2) is 23.1 Å². The summed E-state index contributed by atoms with van der Waals surface area (Å²) in [6.07, 6.45) is 0. The number of benzene rings is 1. The lowest BCUT2D eigenvalue weighted by molar-refractivity contribution is -0.143. The summed E-state index contributed by atoms with van der Waals surface area (Å²) in [7, 11) is -3.76. The van der Waals surface area contributed by atoms with E-state index in [-0.39, 0.29) is 23.0 Å². The van der Waals surface area contributed by atoms with Gasteiger partial charge in [-0.2, -0.15) is 4.31 Å². The zero-order valence-electron chi connectivity index (χ0n) is 11.9. The molecular formula is C13H16ClFN2O4S. The Balaban J connectivity index is 2.12. The highest BCUT2D eigenvalue weighted by atomic mass is 35.5. The monoisotopic (exact) mass is 350 g/mol. The van der Waals surface area contributed by atoms with Gasteiger partial charge in [0.2, 0.25) is 10.0 Å². The molecule has 1 heterocycles. The third kappa shape index (κ3) is 3.40. The van der Waals surface area contributed by atoms with Gasteiger partial charge in [0.05, 0.1) is 9.92 Å². The molecule has 1 aliphatic rings. The summed E-state index contributed by atoms with van der Waals surface area (Å²) in [5.74, 6) is -1.62. The number of rotatable bonds is 4. The topological polar surface area (TPSA) is 77.9 Å². The molecule has 0 radical (unpaired) electrons. The number of sulfonamides is 1. The molecule has 1 saturated heterocycles. The molecule has 0 aliphatic carbocycles. The van der Waals surface area contributed by atoms with E-state index < -0.39 is 27.9 Å². The summed E-state index contributed by atoms with van der Waals surface area (Å²) in [6.45, 7) is 2.55. The normalized spacial score (nSPS) is 19.0. The molecule has 1 N–H and O–H groups in total. The Morgan fingerprint density at radius 2 is 1.91 bits per heavy atom. The van der Waals surface area contributed by atoms with Gasteiger partial charge in [-0.05, 0) is 25.1 Å². The van der Waals surface area contributed by atoms with Crippen molar-refractivity contribution in [2.75, 3.05) is 26.2 Å². The minimum atomic E-state index is -3.76. The summed E-state index contributed by atoms with van der Waals surface area (Å²) in [5.41, 5.74) is 0. The van der Waals surface area contributed by atoms with E-state index in [2.05, 4.69) is 0 Å². The zero-order valence-corrected chi connectivity index (χ0v) is 13.4. The lowest BCUT2D eigenvalue weighted by atomic mass is 10.2. The zero-order chi connectivity index (χ0) is 16.5. The second-order valence-electron chi connectivity index (χ2n) is 5.03. The van der Waals surface area contributed by atoms with Crippen molar-refractivity contribution < 1.29 is 22.7 Å². The Morgan fingerprint density at radius 1 is 1.32 bits per heavy atom. The number of piperazine rings is 1. The Hall–Kier alpha value is -1.22. The van der Waals surface area contributed by atoms with E-state index >= 15 is 0 Å². The van der Waals surface area contributed by atoms with Crippen molar-refractivity contribution in [3.05, 3.63) is 29.0 Å². The van der Waals surface area contributed by atoms with E-state index in [9.17, 15) is 17.6 Å². The van der Waals surface area contributed by atoms with Gasteiger partial charge in [-0.3, -0.25) is 9.69 Å². The third-order valence-electron chi connectivity index (χ3n) is 3.71. The second kappa shape index (κ2) is 6.49. The van der Waals surface area contributed by atoms with E-state index in [1.54, 1.807) is 11.8 Å². The van der Waals surface area contributed by atoms with Gasteiger partial charge >= 0.3 is 5.97 Å². The standard InChI is InChI=1S/C13H16ClFN2O4S/c1-9(13(18)19)16-4-6-17(7-5-16)22(20,21)10-2-3-12(15)11(14)8-10/h2-3,8-9H,4-7H2,1H3,(H,18,19). The minimum absolute atomic E-state index is 0.0707. The van der Waals surface area contributed by atoms with Crippen molar-refractivity contribution in [1.29, 1.82) is 0 Å².